The van der Waals surface area contributed by atoms with Crippen LogP contribution in [0.1, 0.15) is 20.8 Å². The molecular formula is C13H14BrClN4O4S2. The Labute approximate surface area is 162 Å². The number of hydrazine groups is 1. The molecule has 2 N–H and O–H groups in total. The number of halogens is 2. The molecule has 0 unspecified atom stereocenters. The zero-order valence-corrected chi connectivity index (χ0v) is 17.3. The largest absolute Gasteiger partial charge is 0.443 e. The zero-order valence-electron chi connectivity index (χ0n) is 13.3. The minimum atomic E-state index is -3.95. The van der Waals surface area contributed by atoms with Crippen LogP contribution in [0.4, 0.5) is 4.79 Å². The summed E-state index contributed by atoms with van der Waals surface area (Å²) in [7, 11) is -3.95. The van der Waals surface area contributed by atoms with E-state index in [1.807, 2.05) is 10.3 Å². The van der Waals surface area contributed by atoms with Crippen LogP contribution in [0, 0.1) is 0 Å². The maximum Gasteiger partial charge on any atom is 0.423 e. The molecule has 2 aromatic rings. The number of amides is 1. The van der Waals surface area contributed by atoms with Crippen molar-refractivity contribution in [2.75, 3.05) is 0 Å². The van der Waals surface area contributed by atoms with Crippen molar-refractivity contribution in [2.24, 2.45) is 0 Å². The van der Waals surface area contributed by atoms with Gasteiger partial charge in [-0.25, -0.2) is 28.6 Å². The molecule has 0 radical (unpaired) electrons. The van der Waals surface area contributed by atoms with Gasteiger partial charge in [0.05, 0.1) is 16.1 Å². The quantitative estimate of drug-likeness (QED) is 0.525. The van der Waals surface area contributed by atoms with Crippen molar-refractivity contribution in [1.82, 2.24) is 20.2 Å². The lowest BCUT2D eigenvalue weighted by atomic mass is 10.2. The fourth-order valence-electron chi connectivity index (χ4n) is 1.51. The van der Waals surface area contributed by atoms with Gasteiger partial charge < -0.3 is 4.74 Å². The van der Waals surface area contributed by atoms with Crippen molar-refractivity contribution >= 4 is 55.0 Å². The molecule has 25 heavy (non-hydrogen) atoms. The summed E-state index contributed by atoms with van der Waals surface area (Å²) in [5, 5.41) is 0.344. The van der Waals surface area contributed by atoms with E-state index in [0.29, 0.717) is 20.3 Å². The molecule has 0 saturated carbocycles. The van der Waals surface area contributed by atoms with Gasteiger partial charge in [0.1, 0.15) is 14.4 Å². The van der Waals surface area contributed by atoms with Crippen molar-refractivity contribution in [3.05, 3.63) is 28.0 Å². The Kier molecular flexibility index (Phi) is 6.05. The fourth-order valence-corrected chi connectivity index (χ4v) is 3.95. The van der Waals surface area contributed by atoms with Gasteiger partial charge in [0, 0.05) is 0 Å². The topological polar surface area (TPSA) is 110 Å². The summed E-state index contributed by atoms with van der Waals surface area (Å²) < 4.78 is 29.8. The summed E-state index contributed by atoms with van der Waals surface area (Å²) in [4.78, 5) is 22.2. The molecule has 1 amide bonds. The highest BCUT2D eigenvalue weighted by Gasteiger charge is 2.21. The third-order valence-corrected chi connectivity index (χ3v) is 6.38. The minimum absolute atomic E-state index is 0.0202. The molecule has 0 aliphatic carbocycles. The fraction of sp³-hybridized carbons (Fsp3) is 0.308. The van der Waals surface area contributed by atoms with Crippen LogP contribution in [0.3, 0.4) is 0 Å². The van der Waals surface area contributed by atoms with Crippen LogP contribution < -0.4 is 10.3 Å². The van der Waals surface area contributed by atoms with Crippen LogP contribution >= 0.6 is 38.9 Å². The van der Waals surface area contributed by atoms with Crippen molar-refractivity contribution in [2.45, 2.75) is 30.6 Å². The molecule has 0 aromatic carbocycles. The smallest absolute Gasteiger partial charge is 0.423 e. The van der Waals surface area contributed by atoms with E-state index >= 15 is 0 Å². The lowest BCUT2D eigenvalue weighted by molar-refractivity contribution is 0.0515. The first-order chi connectivity index (χ1) is 11.5. The second-order valence-corrected chi connectivity index (χ2v) is 9.83. The number of hydrogen-bond donors (Lipinski definition) is 2. The number of rotatable bonds is 4. The average molecular weight is 470 g/mol. The van der Waals surface area contributed by atoms with E-state index in [1.54, 1.807) is 26.8 Å². The molecule has 2 aromatic heterocycles. The van der Waals surface area contributed by atoms with Crippen LogP contribution in [0.5, 0.6) is 0 Å². The molecule has 8 nitrogen and oxygen atoms in total. The van der Waals surface area contributed by atoms with Gasteiger partial charge in [0.15, 0.2) is 5.82 Å². The highest BCUT2D eigenvalue weighted by atomic mass is 79.9. The Morgan fingerprint density at radius 1 is 1.36 bits per heavy atom. The van der Waals surface area contributed by atoms with Gasteiger partial charge in [-0.1, -0.05) is 11.6 Å². The number of carbonyl (C=O) groups is 1. The first-order valence-corrected chi connectivity index (χ1v) is 10.2. The molecule has 0 saturated heterocycles. The van der Waals surface area contributed by atoms with Crippen LogP contribution in [0.15, 0.2) is 27.1 Å². The minimum Gasteiger partial charge on any atom is -0.443 e. The van der Waals surface area contributed by atoms with Gasteiger partial charge in [-0.2, -0.15) is 0 Å². The maximum absolute atomic E-state index is 12.2. The summed E-state index contributed by atoms with van der Waals surface area (Å²) in [6.45, 7) is 4.99. The van der Waals surface area contributed by atoms with E-state index in [4.69, 9.17) is 16.3 Å². The molecule has 0 aliphatic heterocycles. The van der Waals surface area contributed by atoms with E-state index in [0.717, 1.165) is 11.3 Å². The Balaban J connectivity index is 2.12. The van der Waals surface area contributed by atoms with Crippen LogP contribution in [0.25, 0.3) is 10.7 Å². The van der Waals surface area contributed by atoms with Gasteiger partial charge >= 0.3 is 6.09 Å². The number of aromatic nitrogens is 2. The van der Waals surface area contributed by atoms with Crippen LogP contribution in [-0.2, 0) is 14.8 Å². The molecule has 0 aliphatic rings. The van der Waals surface area contributed by atoms with Crippen molar-refractivity contribution in [3.63, 3.8) is 0 Å². The van der Waals surface area contributed by atoms with Gasteiger partial charge in [-0.15, -0.1) is 16.2 Å². The summed E-state index contributed by atoms with van der Waals surface area (Å²) >= 11 is 9.96. The molecule has 12 heteroatoms. The Morgan fingerprint density at radius 2 is 2.04 bits per heavy atom. The van der Waals surface area contributed by atoms with Gasteiger partial charge in [0.25, 0.3) is 10.0 Å². The Bertz CT molecular complexity index is 896. The summed E-state index contributed by atoms with van der Waals surface area (Å²) in [5.74, 6) is 0.322. The van der Waals surface area contributed by atoms with Crippen molar-refractivity contribution in [3.8, 4) is 10.7 Å². The van der Waals surface area contributed by atoms with Gasteiger partial charge in [0.2, 0.25) is 0 Å². The highest BCUT2D eigenvalue weighted by Crippen LogP contribution is 2.30. The predicted octanol–water partition coefficient (Wildman–Crippen LogP) is 3.34. The molecular weight excluding hydrogens is 456 g/mol. The summed E-state index contributed by atoms with van der Waals surface area (Å²) in [5.41, 5.74) is 1.25. The average Bonchev–Trinajstić information content (AvgIpc) is 2.97. The molecule has 0 spiro atoms. The van der Waals surface area contributed by atoms with E-state index in [9.17, 15) is 13.2 Å². The standard InChI is InChI=1S/C13H14BrClN4O4S2/c1-13(2,3)23-12(20)18-19-25(21,22)9-5-4-8(24-9)11-16-6-7(15)10(14)17-11/h4-6,19H,1-3H3,(H,18,20). The van der Waals surface area contributed by atoms with E-state index in [2.05, 4.69) is 25.9 Å². The number of ether oxygens (including phenoxy) is 1. The SMILES string of the molecule is CC(C)(C)OC(=O)NNS(=O)(=O)c1ccc(-c2ncc(Cl)c(Br)n2)s1. The van der Waals surface area contributed by atoms with Crippen LogP contribution in [0.2, 0.25) is 5.02 Å². The predicted molar refractivity (Wildman–Crippen MR) is 97.7 cm³/mol. The number of sulfonamides is 1. The second kappa shape index (κ2) is 7.54. The summed E-state index contributed by atoms with van der Waals surface area (Å²) in [6, 6.07) is 2.94. The number of thiophene rings is 1. The molecule has 136 valence electrons. The van der Waals surface area contributed by atoms with Crippen molar-refractivity contribution in [1.29, 1.82) is 0 Å². The number of nitrogens with zero attached hydrogens (tertiary/aromatic N) is 2. The second-order valence-electron chi connectivity index (χ2n) is 5.68. The molecule has 0 atom stereocenters. The van der Waals surface area contributed by atoms with E-state index in [-0.39, 0.29) is 4.21 Å². The molecule has 2 rings (SSSR count). The Hall–Kier alpha value is -1.27. The van der Waals surface area contributed by atoms with Gasteiger partial charge in [-0.05, 0) is 48.8 Å². The molecule has 0 fully saturated rings. The first kappa shape index (κ1) is 20.0. The Morgan fingerprint density at radius 3 is 2.64 bits per heavy atom. The number of nitrogens with one attached hydrogen (secondary N) is 2. The maximum atomic E-state index is 12.2. The number of hydrogen-bond acceptors (Lipinski definition) is 7. The lowest BCUT2D eigenvalue weighted by Gasteiger charge is -2.19. The van der Waals surface area contributed by atoms with Gasteiger partial charge in [-0.3, -0.25) is 0 Å². The monoisotopic (exact) mass is 468 g/mol. The third kappa shape index (κ3) is 5.61. The molecule has 0 bridgehead atoms. The highest BCUT2D eigenvalue weighted by molar-refractivity contribution is 9.10. The zero-order chi connectivity index (χ0) is 18.8. The lowest BCUT2D eigenvalue weighted by Crippen LogP contribution is -2.43. The normalized spacial score (nSPS) is 12.0. The third-order valence-electron chi connectivity index (χ3n) is 2.45. The van der Waals surface area contributed by atoms with Crippen molar-refractivity contribution < 1.29 is 17.9 Å². The number of carbonyl (C=O) groups excluding carboxylic acids is 1. The van der Waals surface area contributed by atoms with E-state index in [1.165, 1.54) is 12.3 Å². The first-order valence-electron chi connectivity index (χ1n) is 6.77. The van der Waals surface area contributed by atoms with Crippen LogP contribution in [-0.4, -0.2) is 30.1 Å². The van der Waals surface area contributed by atoms with E-state index < -0.39 is 21.7 Å². The molecule has 2 heterocycles. The summed E-state index contributed by atoms with van der Waals surface area (Å²) in [6.07, 6.45) is 0.502.